The van der Waals surface area contributed by atoms with Crippen molar-refractivity contribution >= 4 is 38.7 Å². The number of rotatable bonds is 4. The van der Waals surface area contributed by atoms with Gasteiger partial charge >= 0.3 is 5.63 Å². The summed E-state index contributed by atoms with van der Waals surface area (Å²) in [4.78, 5) is 11.6. The molecule has 2 unspecified atom stereocenters. The molecule has 0 saturated carbocycles. The molecule has 0 radical (unpaired) electrons. The summed E-state index contributed by atoms with van der Waals surface area (Å²) in [5.74, 6) is 0.676. The molecule has 5 heteroatoms. The van der Waals surface area contributed by atoms with Crippen molar-refractivity contribution in [3.8, 4) is 0 Å². The fourth-order valence-corrected chi connectivity index (χ4v) is 2.98. The third-order valence-electron chi connectivity index (χ3n) is 2.97. The zero-order valence-electron chi connectivity index (χ0n) is 10.7. The normalized spacial score (nSPS) is 14.5. The Morgan fingerprint density at radius 3 is 2.79 bits per heavy atom. The summed E-state index contributed by atoms with van der Waals surface area (Å²) in [6, 6.07) is 7.18. The molecule has 102 valence electrons. The molecule has 0 aliphatic rings. The van der Waals surface area contributed by atoms with E-state index in [1.165, 1.54) is 6.07 Å². The van der Waals surface area contributed by atoms with Crippen molar-refractivity contribution in [2.24, 2.45) is 0 Å². The fourth-order valence-electron chi connectivity index (χ4n) is 1.68. The van der Waals surface area contributed by atoms with Gasteiger partial charge in [-0.3, -0.25) is 0 Å². The predicted molar refractivity (Wildman–Crippen MR) is 82.6 cm³/mol. The van der Waals surface area contributed by atoms with Gasteiger partial charge in [-0.25, -0.2) is 4.79 Å². The van der Waals surface area contributed by atoms with Gasteiger partial charge in [0.2, 0.25) is 0 Å². The average molecular weight is 343 g/mol. The van der Waals surface area contributed by atoms with Gasteiger partial charge in [-0.2, -0.15) is 11.8 Å². The Kier molecular flexibility index (Phi) is 4.71. The molecular formula is C14H15BrO3S. The third kappa shape index (κ3) is 3.61. The molecule has 2 rings (SSSR count). The summed E-state index contributed by atoms with van der Waals surface area (Å²) in [6.07, 6.45) is -0.370. The number of halogens is 1. The summed E-state index contributed by atoms with van der Waals surface area (Å²) in [7, 11) is 0. The van der Waals surface area contributed by atoms with Gasteiger partial charge in [0.1, 0.15) is 5.58 Å². The highest BCUT2D eigenvalue weighted by Gasteiger charge is 2.12. The first kappa shape index (κ1) is 14.6. The Bertz CT molecular complexity index is 636. The van der Waals surface area contributed by atoms with E-state index < -0.39 is 0 Å². The van der Waals surface area contributed by atoms with Crippen LogP contribution in [0.3, 0.4) is 0 Å². The van der Waals surface area contributed by atoms with E-state index in [0.29, 0.717) is 11.3 Å². The third-order valence-corrected chi connectivity index (χ3v) is 4.86. The summed E-state index contributed by atoms with van der Waals surface area (Å²) in [5, 5.41) is 10.6. The Hall–Kier alpha value is -0.780. The Labute approximate surface area is 124 Å². The lowest BCUT2D eigenvalue weighted by Crippen LogP contribution is -2.15. The number of thioether (sulfide) groups is 1. The molecule has 1 aromatic heterocycles. The molecule has 0 spiro atoms. The summed E-state index contributed by atoms with van der Waals surface area (Å²) in [5.41, 5.74) is 1.18. The smallest absolute Gasteiger partial charge is 0.336 e. The molecule has 0 aliphatic heterocycles. The van der Waals surface area contributed by atoms with Crippen molar-refractivity contribution in [2.75, 3.05) is 0 Å². The number of aliphatic hydroxyl groups is 1. The lowest BCUT2D eigenvalue weighted by molar-refractivity contribution is 0.196. The summed E-state index contributed by atoms with van der Waals surface area (Å²) < 4.78 is 6.07. The minimum absolute atomic E-state index is 0.123. The van der Waals surface area contributed by atoms with Crippen LogP contribution in [-0.4, -0.2) is 16.5 Å². The molecule has 0 amide bonds. The van der Waals surface area contributed by atoms with E-state index in [1.54, 1.807) is 24.8 Å². The Balaban J connectivity index is 2.34. The van der Waals surface area contributed by atoms with E-state index in [-0.39, 0.29) is 17.0 Å². The standard InChI is InChI=1S/C14H15BrO3S/c1-8(16)9(2)19-7-10-5-14(17)18-13-6-11(15)3-4-12(10)13/h3-6,8-9,16H,7H2,1-2H3. The number of hydrogen-bond donors (Lipinski definition) is 1. The van der Waals surface area contributed by atoms with Crippen LogP contribution in [0.2, 0.25) is 0 Å². The highest BCUT2D eigenvalue weighted by molar-refractivity contribution is 9.10. The second kappa shape index (κ2) is 6.11. The van der Waals surface area contributed by atoms with Crippen LogP contribution in [0.1, 0.15) is 19.4 Å². The molecule has 1 heterocycles. The molecule has 0 fully saturated rings. The SMILES string of the molecule is CC(O)C(C)SCc1cc(=O)oc2cc(Br)ccc12. The maximum atomic E-state index is 11.6. The largest absolute Gasteiger partial charge is 0.423 e. The maximum Gasteiger partial charge on any atom is 0.336 e. The van der Waals surface area contributed by atoms with Gasteiger partial charge in [-0.05, 0) is 30.7 Å². The van der Waals surface area contributed by atoms with Gasteiger partial charge in [0.25, 0.3) is 0 Å². The van der Waals surface area contributed by atoms with Crippen molar-refractivity contribution in [1.29, 1.82) is 0 Å². The monoisotopic (exact) mass is 342 g/mol. The molecule has 2 atom stereocenters. The minimum Gasteiger partial charge on any atom is -0.423 e. The highest BCUT2D eigenvalue weighted by atomic mass is 79.9. The summed E-state index contributed by atoms with van der Waals surface area (Å²) >= 11 is 4.99. The van der Waals surface area contributed by atoms with Crippen molar-refractivity contribution in [2.45, 2.75) is 31.0 Å². The second-order valence-electron chi connectivity index (χ2n) is 4.49. The molecule has 2 aromatic rings. The van der Waals surface area contributed by atoms with Crippen LogP contribution in [0, 0.1) is 0 Å². The van der Waals surface area contributed by atoms with Crippen LogP contribution in [0.5, 0.6) is 0 Å². The topological polar surface area (TPSA) is 50.4 Å². The first-order valence-electron chi connectivity index (χ1n) is 5.99. The molecule has 0 saturated heterocycles. The van der Waals surface area contributed by atoms with E-state index in [2.05, 4.69) is 15.9 Å². The van der Waals surface area contributed by atoms with Crippen LogP contribution < -0.4 is 5.63 Å². The van der Waals surface area contributed by atoms with E-state index in [4.69, 9.17) is 4.42 Å². The molecule has 0 aliphatic carbocycles. The van der Waals surface area contributed by atoms with Gasteiger partial charge in [0, 0.05) is 26.9 Å². The first-order chi connectivity index (χ1) is 8.97. The molecule has 1 aromatic carbocycles. The first-order valence-corrected chi connectivity index (χ1v) is 7.83. The van der Waals surface area contributed by atoms with E-state index >= 15 is 0 Å². The van der Waals surface area contributed by atoms with Crippen molar-refractivity contribution in [1.82, 2.24) is 0 Å². The van der Waals surface area contributed by atoms with Crippen LogP contribution in [0.15, 0.2) is 37.9 Å². The number of aliphatic hydroxyl groups excluding tert-OH is 1. The van der Waals surface area contributed by atoms with Crippen LogP contribution in [0.25, 0.3) is 11.0 Å². The van der Waals surface area contributed by atoms with E-state index in [1.807, 2.05) is 19.1 Å². The second-order valence-corrected chi connectivity index (χ2v) is 6.77. The van der Waals surface area contributed by atoms with E-state index in [0.717, 1.165) is 15.4 Å². The van der Waals surface area contributed by atoms with Crippen LogP contribution in [0.4, 0.5) is 0 Å². The lowest BCUT2D eigenvalue weighted by atomic mass is 10.1. The molecule has 19 heavy (non-hydrogen) atoms. The zero-order chi connectivity index (χ0) is 14.0. The molecule has 1 N–H and O–H groups in total. The summed E-state index contributed by atoms with van der Waals surface area (Å²) in [6.45, 7) is 3.74. The zero-order valence-corrected chi connectivity index (χ0v) is 13.1. The Morgan fingerprint density at radius 2 is 2.11 bits per heavy atom. The van der Waals surface area contributed by atoms with Gasteiger partial charge in [-0.1, -0.05) is 22.9 Å². The fraction of sp³-hybridized carbons (Fsp3) is 0.357. The van der Waals surface area contributed by atoms with Gasteiger partial charge in [0.15, 0.2) is 0 Å². The average Bonchev–Trinajstić information content (AvgIpc) is 2.34. The maximum absolute atomic E-state index is 11.6. The minimum atomic E-state index is -0.370. The highest BCUT2D eigenvalue weighted by Crippen LogP contribution is 2.26. The quantitative estimate of drug-likeness (QED) is 0.863. The number of hydrogen-bond acceptors (Lipinski definition) is 4. The predicted octanol–water partition coefficient (Wildman–Crippen LogP) is 3.56. The van der Waals surface area contributed by atoms with E-state index in [9.17, 15) is 9.90 Å². The van der Waals surface area contributed by atoms with Gasteiger partial charge in [-0.15, -0.1) is 0 Å². The molecule has 0 bridgehead atoms. The van der Waals surface area contributed by atoms with Crippen LogP contribution >= 0.6 is 27.7 Å². The van der Waals surface area contributed by atoms with Crippen molar-refractivity contribution in [3.05, 3.63) is 44.7 Å². The lowest BCUT2D eigenvalue weighted by Gasteiger charge is -2.14. The molecular weight excluding hydrogens is 328 g/mol. The molecule has 3 nitrogen and oxygen atoms in total. The van der Waals surface area contributed by atoms with Gasteiger partial charge in [0.05, 0.1) is 6.10 Å². The Morgan fingerprint density at radius 1 is 1.37 bits per heavy atom. The van der Waals surface area contributed by atoms with Gasteiger partial charge < -0.3 is 9.52 Å². The number of fused-ring (bicyclic) bond motifs is 1. The van der Waals surface area contributed by atoms with Crippen molar-refractivity contribution in [3.63, 3.8) is 0 Å². The number of benzene rings is 1. The van der Waals surface area contributed by atoms with Crippen molar-refractivity contribution < 1.29 is 9.52 Å². The van der Waals surface area contributed by atoms with Crippen LogP contribution in [-0.2, 0) is 5.75 Å².